The lowest BCUT2D eigenvalue weighted by Gasteiger charge is -2.14. The monoisotopic (exact) mass is 546 g/mol. The van der Waals surface area contributed by atoms with E-state index in [-0.39, 0.29) is 0 Å². The van der Waals surface area contributed by atoms with E-state index in [0.717, 1.165) is 42.7 Å². The second-order valence-corrected chi connectivity index (χ2v) is 9.86. The van der Waals surface area contributed by atoms with Gasteiger partial charge in [-0.1, -0.05) is 76.6 Å². The lowest BCUT2D eigenvalue weighted by molar-refractivity contribution is -0.151. The van der Waals surface area contributed by atoms with Gasteiger partial charge in [0.1, 0.15) is 17.2 Å². The molecule has 0 aliphatic rings. The molecule has 0 aliphatic heterocycles. The Morgan fingerprint density at radius 2 is 1.18 bits per heavy atom. The Hall–Kier alpha value is -3.80. The lowest BCUT2D eigenvalue weighted by Crippen LogP contribution is -2.26. The second kappa shape index (κ2) is 17.0. The van der Waals surface area contributed by atoms with Gasteiger partial charge in [-0.3, -0.25) is 0 Å². The topological polar surface area (TPSA) is 71.1 Å². The normalized spacial score (nSPS) is 11.5. The quantitative estimate of drug-likeness (QED) is 0.0961. The van der Waals surface area contributed by atoms with E-state index in [1.165, 1.54) is 32.1 Å². The van der Waals surface area contributed by atoms with Crippen molar-refractivity contribution in [3.63, 3.8) is 0 Å². The van der Waals surface area contributed by atoms with E-state index in [0.29, 0.717) is 23.7 Å². The van der Waals surface area contributed by atoms with Crippen molar-refractivity contribution in [2.75, 3.05) is 13.2 Å². The third-order valence-corrected chi connectivity index (χ3v) is 6.50. The molecule has 1 atom stereocenters. The molecule has 3 aromatic rings. The van der Waals surface area contributed by atoms with Crippen molar-refractivity contribution in [2.45, 2.75) is 78.2 Å². The van der Waals surface area contributed by atoms with Crippen molar-refractivity contribution in [1.82, 2.24) is 0 Å². The van der Waals surface area contributed by atoms with Gasteiger partial charge in [-0.2, -0.15) is 0 Å². The molecule has 0 N–H and O–H groups in total. The van der Waals surface area contributed by atoms with Crippen LogP contribution in [0.1, 0.15) is 82.5 Å². The average Bonchev–Trinajstić information content (AvgIpc) is 2.98. The summed E-state index contributed by atoms with van der Waals surface area (Å²) in [6.45, 7) is 7.04. The number of ether oxygens (including phenoxy) is 4. The zero-order valence-electron chi connectivity index (χ0n) is 24.0. The van der Waals surface area contributed by atoms with E-state index in [1.807, 2.05) is 43.3 Å². The van der Waals surface area contributed by atoms with Gasteiger partial charge in [-0.05, 0) is 79.4 Å². The molecule has 0 amide bonds. The van der Waals surface area contributed by atoms with Gasteiger partial charge < -0.3 is 18.9 Å². The Balaban J connectivity index is 1.45. The number of hydrogen-bond acceptors (Lipinski definition) is 6. The highest BCUT2D eigenvalue weighted by molar-refractivity contribution is 5.91. The molecule has 0 fully saturated rings. The first-order chi connectivity index (χ1) is 19.5. The SMILES string of the molecule is CCCCCCCCOc1ccc(-c2ccc(C(=O)Oc3ccc(O[C@H](C)C(=O)OCCCC)cc3)cc2)cc1. The van der Waals surface area contributed by atoms with Crippen molar-refractivity contribution >= 4 is 11.9 Å². The van der Waals surface area contributed by atoms with E-state index in [9.17, 15) is 9.59 Å². The largest absolute Gasteiger partial charge is 0.494 e. The van der Waals surface area contributed by atoms with Crippen LogP contribution in [-0.4, -0.2) is 31.3 Å². The molecule has 0 unspecified atom stereocenters. The highest BCUT2D eigenvalue weighted by Gasteiger charge is 2.16. The fourth-order valence-electron chi connectivity index (χ4n) is 4.05. The highest BCUT2D eigenvalue weighted by Crippen LogP contribution is 2.24. The first kappa shape index (κ1) is 30.7. The molecular formula is C34H42O6. The minimum absolute atomic E-state index is 0.385. The lowest BCUT2D eigenvalue weighted by atomic mass is 10.0. The predicted molar refractivity (Wildman–Crippen MR) is 158 cm³/mol. The fourth-order valence-corrected chi connectivity index (χ4v) is 4.05. The first-order valence-electron chi connectivity index (χ1n) is 14.5. The van der Waals surface area contributed by atoms with Crippen LogP contribution in [0.2, 0.25) is 0 Å². The average molecular weight is 547 g/mol. The summed E-state index contributed by atoms with van der Waals surface area (Å²) in [5.74, 6) is 0.890. The first-order valence-corrected chi connectivity index (χ1v) is 14.5. The summed E-state index contributed by atoms with van der Waals surface area (Å²) in [5, 5.41) is 0. The standard InChI is InChI=1S/C34H42O6/c1-4-6-8-9-10-11-25-37-30-18-16-28(17-19-30)27-12-14-29(15-13-27)34(36)40-32-22-20-31(21-23-32)39-26(3)33(35)38-24-7-5-2/h12-23,26H,4-11,24-25H2,1-3H3/t26-/m1/s1. The van der Waals surface area contributed by atoms with Gasteiger partial charge in [0.15, 0.2) is 6.10 Å². The molecule has 0 saturated carbocycles. The summed E-state index contributed by atoms with van der Waals surface area (Å²) >= 11 is 0. The van der Waals surface area contributed by atoms with E-state index in [2.05, 4.69) is 6.92 Å². The van der Waals surface area contributed by atoms with Crippen LogP contribution >= 0.6 is 0 Å². The van der Waals surface area contributed by atoms with Crippen LogP contribution in [0.3, 0.4) is 0 Å². The molecule has 0 saturated heterocycles. The maximum absolute atomic E-state index is 12.7. The van der Waals surface area contributed by atoms with E-state index < -0.39 is 18.0 Å². The summed E-state index contributed by atoms with van der Waals surface area (Å²) in [6, 6.07) is 21.9. The second-order valence-electron chi connectivity index (χ2n) is 9.86. The van der Waals surface area contributed by atoms with Gasteiger partial charge in [-0.25, -0.2) is 9.59 Å². The summed E-state index contributed by atoms with van der Waals surface area (Å²) < 4.78 is 22.2. The third-order valence-electron chi connectivity index (χ3n) is 6.50. The van der Waals surface area contributed by atoms with Gasteiger partial charge in [0.2, 0.25) is 0 Å². The third kappa shape index (κ3) is 10.4. The number of carbonyl (C=O) groups is 2. The smallest absolute Gasteiger partial charge is 0.347 e. The Morgan fingerprint density at radius 3 is 1.82 bits per heavy atom. The van der Waals surface area contributed by atoms with Crippen molar-refractivity contribution in [3.05, 3.63) is 78.4 Å². The molecule has 3 aromatic carbocycles. The van der Waals surface area contributed by atoms with E-state index in [1.54, 1.807) is 43.3 Å². The molecular weight excluding hydrogens is 504 g/mol. The summed E-state index contributed by atoms with van der Waals surface area (Å²) in [5.41, 5.74) is 2.50. The van der Waals surface area contributed by atoms with Crippen LogP contribution in [0.4, 0.5) is 0 Å². The summed E-state index contributed by atoms with van der Waals surface area (Å²) in [6.07, 6.45) is 8.51. The van der Waals surface area contributed by atoms with Gasteiger partial charge in [-0.15, -0.1) is 0 Å². The van der Waals surface area contributed by atoms with Crippen LogP contribution in [0, 0.1) is 0 Å². The maximum Gasteiger partial charge on any atom is 0.347 e. The molecule has 214 valence electrons. The summed E-state index contributed by atoms with van der Waals surface area (Å²) in [4.78, 5) is 24.6. The van der Waals surface area contributed by atoms with Crippen molar-refractivity contribution in [1.29, 1.82) is 0 Å². The van der Waals surface area contributed by atoms with Gasteiger partial charge in [0.05, 0.1) is 18.8 Å². The predicted octanol–water partition coefficient (Wildman–Crippen LogP) is 8.42. The maximum atomic E-state index is 12.7. The molecule has 0 heterocycles. The van der Waals surface area contributed by atoms with Crippen molar-refractivity contribution in [2.24, 2.45) is 0 Å². The Bertz CT molecular complexity index is 1150. The Morgan fingerprint density at radius 1 is 0.625 bits per heavy atom. The van der Waals surface area contributed by atoms with E-state index in [4.69, 9.17) is 18.9 Å². The minimum atomic E-state index is -0.724. The molecule has 0 aliphatic carbocycles. The highest BCUT2D eigenvalue weighted by atomic mass is 16.6. The zero-order valence-corrected chi connectivity index (χ0v) is 24.0. The summed E-state index contributed by atoms with van der Waals surface area (Å²) in [7, 11) is 0. The van der Waals surface area contributed by atoms with E-state index >= 15 is 0 Å². The fraction of sp³-hybridized carbons (Fsp3) is 0.412. The number of carbonyl (C=O) groups excluding carboxylic acids is 2. The van der Waals surface area contributed by atoms with Crippen molar-refractivity contribution in [3.8, 4) is 28.4 Å². The van der Waals surface area contributed by atoms with Crippen LogP contribution in [-0.2, 0) is 9.53 Å². The molecule has 6 nitrogen and oxygen atoms in total. The minimum Gasteiger partial charge on any atom is -0.494 e. The van der Waals surface area contributed by atoms with Crippen molar-refractivity contribution < 1.29 is 28.5 Å². The zero-order chi connectivity index (χ0) is 28.6. The molecule has 3 rings (SSSR count). The molecule has 0 bridgehead atoms. The number of unbranched alkanes of at least 4 members (excludes halogenated alkanes) is 6. The molecule has 0 aromatic heterocycles. The van der Waals surface area contributed by atoms with Gasteiger partial charge in [0, 0.05) is 0 Å². The molecule has 6 heteroatoms. The van der Waals surface area contributed by atoms with Crippen LogP contribution in [0.25, 0.3) is 11.1 Å². The molecule has 0 spiro atoms. The Kier molecular flexibility index (Phi) is 13.1. The number of hydrogen-bond donors (Lipinski definition) is 0. The molecule has 0 radical (unpaired) electrons. The van der Waals surface area contributed by atoms with Gasteiger partial charge in [0.25, 0.3) is 0 Å². The van der Waals surface area contributed by atoms with Crippen LogP contribution < -0.4 is 14.2 Å². The molecule has 40 heavy (non-hydrogen) atoms. The number of esters is 2. The number of rotatable bonds is 17. The van der Waals surface area contributed by atoms with Gasteiger partial charge >= 0.3 is 11.9 Å². The van der Waals surface area contributed by atoms with Crippen LogP contribution in [0.5, 0.6) is 17.2 Å². The Labute approximate surface area is 238 Å². The van der Waals surface area contributed by atoms with Crippen LogP contribution in [0.15, 0.2) is 72.8 Å². The number of benzene rings is 3.